The van der Waals surface area contributed by atoms with E-state index in [1.54, 1.807) is 14.0 Å². The number of aryl methyl sites for hydroxylation is 2. The molecule has 0 radical (unpaired) electrons. The Morgan fingerprint density at radius 1 is 1.20 bits per heavy atom. The minimum absolute atomic E-state index is 0.152. The van der Waals surface area contributed by atoms with Crippen molar-refractivity contribution >= 4 is 40.0 Å². The van der Waals surface area contributed by atoms with E-state index in [-0.39, 0.29) is 11.9 Å². The molecule has 132 valence electrons. The van der Waals surface area contributed by atoms with Crippen LogP contribution in [0.1, 0.15) is 12.6 Å². The van der Waals surface area contributed by atoms with Gasteiger partial charge in [0.25, 0.3) is 0 Å². The van der Waals surface area contributed by atoms with Crippen LogP contribution in [-0.4, -0.2) is 57.6 Å². The summed E-state index contributed by atoms with van der Waals surface area (Å²) in [7, 11) is 3.61. The number of amides is 1. The maximum atomic E-state index is 12.9. The summed E-state index contributed by atoms with van der Waals surface area (Å²) in [4.78, 5) is 38.0. The summed E-state index contributed by atoms with van der Waals surface area (Å²) in [6.07, 6.45) is 0. The SMILES string of the molecule is Cc1nc2c3c(nc(=O)n2C)N2CC(C)N(C)CC2C(=O)Nc3c1Cl. The van der Waals surface area contributed by atoms with Crippen LogP contribution in [0.3, 0.4) is 0 Å². The van der Waals surface area contributed by atoms with Crippen molar-refractivity contribution in [2.45, 2.75) is 25.9 Å². The van der Waals surface area contributed by atoms with Gasteiger partial charge in [0, 0.05) is 26.2 Å². The second-order valence-corrected chi connectivity index (χ2v) is 7.19. The highest BCUT2D eigenvalue weighted by Crippen LogP contribution is 2.40. The Balaban J connectivity index is 2.09. The Bertz CT molecular complexity index is 971. The van der Waals surface area contributed by atoms with Crippen LogP contribution in [0.15, 0.2) is 4.79 Å². The number of anilines is 2. The third kappa shape index (κ3) is 2.24. The van der Waals surface area contributed by atoms with Crippen molar-refractivity contribution in [3.05, 3.63) is 21.2 Å². The van der Waals surface area contributed by atoms with E-state index in [9.17, 15) is 9.59 Å². The molecule has 0 aliphatic carbocycles. The van der Waals surface area contributed by atoms with E-state index >= 15 is 0 Å². The fourth-order valence-corrected chi connectivity index (χ4v) is 3.71. The standard InChI is InChI=1S/C16H19ClN6O2/c1-7-5-23-9(6-21(7)3)15(24)19-12-10-13(18-8(2)11(12)17)22(4)16(25)20-14(10)23/h7,9H,5-6H2,1-4H3,(H,19,24). The molecule has 25 heavy (non-hydrogen) atoms. The molecule has 0 bridgehead atoms. The number of fused-ring (bicyclic) bond motifs is 2. The summed E-state index contributed by atoms with van der Waals surface area (Å²) >= 11 is 6.44. The normalized spacial score (nSPS) is 23.4. The van der Waals surface area contributed by atoms with Crippen LogP contribution in [0.5, 0.6) is 0 Å². The molecule has 2 aromatic rings. The molecular formula is C16H19ClN6O2. The van der Waals surface area contributed by atoms with Gasteiger partial charge < -0.3 is 10.2 Å². The highest BCUT2D eigenvalue weighted by Gasteiger charge is 2.40. The monoisotopic (exact) mass is 362 g/mol. The van der Waals surface area contributed by atoms with Gasteiger partial charge in [0.05, 0.1) is 21.8 Å². The smallest absolute Gasteiger partial charge is 0.341 e. The van der Waals surface area contributed by atoms with Crippen molar-refractivity contribution in [2.75, 3.05) is 30.4 Å². The number of carbonyl (C=O) groups excluding carboxylic acids is 1. The zero-order chi connectivity index (χ0) is 18.0. The Labute approximate surface area is 149 Å². The number of nitrogens with zero attached hydrogens (tertiary/aromatic N) is 5. The van der Waals surface area contributed by atoms with Gasteiger partial charge in [-0.25, -0.2) is 9.78 Å². The van der Waals surface area contributed by atoms with E-state index in [0.717, 1.165) is 0 Å². The predicted molar refractivity (Wildman–Crippen MR) is 96.4 cm³/mol. The molecule has 0 spiro atoms. The molecule has 0 aromatic carbocycles. The Hall–Kier alpha value is -2.19. The number of piperazine rings is 1. The maximum Gasteiger partial charge on any atom is 0.350 e. The molecule has 0 saturated carbocycles. The molecule has 1 saturated heterocycles. The van der Waals surface area contributed by atoms with Crippen molar-refractivity contribution in [3.8, 4) is 0 Å². The summed E-state index contributed by atoms with van der Waals surface area (Å²) < 4.78 is 1.39. The number of halogens is 1. The van der Waals surface area contributed by atoms with Crippen LogP contribution in [0.4, 0.5) is 11.5 Å². The highest BCUT2D eigenvalue weighted by molar-refractivity contribution is 6.36. The second kappa shape index (κ2) is 5.40. The fraction of sp³-hybridized carbons (Fsp3) is 0.500. The van der Waals surface area contributed by atoms with Gasteiger partial charge in [-0.05, 0) is 20.9 Å². The van der Waals surface area contributed by atoms with E-state index in [0.29, 0.717) is 46.3 Å². The van der Waals surface area contributed by atoms with Gasteiger partial charge in [-0.2, -0.15) is 4.98 Å². The fourth-order valence-electron chi connectivity index (χ4n) is 3.53. The van der Waals surface area contributed by atoms with Crippen molar-refractivity contribution in [2.24, 2.45) is 7.05 Å². The summed E-state index contributed by atoms with van der Waals surface area (Å²) in [5, 5.41) is 3.94. The lowest BCUT2D eigenvalue weighted by atomic mass is 10.1. The van der Waals surface area contributed by atoms with Gasteiger partial charge >= 0.3 is 5.69 Å². The van der Waals surface area contributed by atoms with Gasteiger partial charge in [-0.15, -0.1) is 0 Å². The number of carbonyl (C=O) groups is 1. The van der Waals surface area contributed by atoms with Crippen LogP contribution >= 0.6 is 11.6 Å². The molecule has 2 atom stereocenters. The first-order valence-corrected chi connectivity index (χ1v) is 8.52. The lowest BCUT2D eigenvalue weighted by Crippen LogP contribution is -2.60. The molecule has 2 aliphatic rings. The van der Waals surface area contributed by atoms with Gasteiger partial charge in [0.2, 0.25) is 5.91 Å². The minimum Gasteiger partial charge on any atom is -0.341 e. The minimum atomic E-state index is -0.437. The molecule has 8 nitrogen and oxygen atoms in total. The Morgan fingerprint density at radius 3 is 2.64 bits per heavy atom. The lowest BCUT2D eigenvalue weighted by Gasteiger charge is -2.42. The second-order valence-electron chi connectivity index (χ2n) is 6.81. The molecule has 1 amide bonds. The van der Waals surface area contributed by atoms with Crippen LogP contribution in [0.25, 0.3) is 11.0 Å². The largest absolute Gasteiger partial charge is 0.350 e. The number of hydrogen-bond acceptors (Lipinski definition) is 6. The molecule has 1 N–H and O–H groups in total. The van der Waals surface area contributed by atoms with E-state index in [1.165, 1.54) is 4.57 Å². The van der Waals surface area contributed by atoms with Crippen molar-refractivity contribution in [1.82, 2.24) is 19.4 Å². The topological polar surface area (TPSA) is 83.4 Å². The summed E-state index contributed by atoms with van der Waals surface area (Å²) in [6, 6.07) is -0.215. The average Bonchev–Trinajstić information content (AvgIpc) is 2.67. The van der Waals surface area contributed by atoms with Crippen molar-refractivity contribution in [3.63, 3.8) is 0 Å². The van der Waals surface area contributed by atoms with E-state index in [4.69, 9.17) is 11.6 Å². The first kappa shape index (κ1) is 16.3. The number of rotatable bonds is 0. The zero-order valence-corrected chi connectivity index (χ0v) is 15.3. The van der Waals surface area contributed by atoms with Crippen molar-refractivity contribution < 1.29 is 4.79 Å². The van der Waals surface area contributed by atoms with Gasteiger partial charge in [0.1, 0.15) is 17.5 Å². The van der Waals surface area contributed by atoms with E-state index in [2.05, 4.69) is 27.1 Å². The molecule has 2 unspecified atom stereocenters. The predicted octanol–water partition coefficient (Wildman–Crippen LogP) is 0.751. The Morgan fingerprint density at radius 2 is 1.92 bits per heavy atom. The molecular weight excluding hydrogens is 344 g/mol. The molecule has 4 heterocycles. The molecule has 1 fully saturated rings. The molecule has 9 heteroatoms. The molecule has 2 aromatic heterocycles. The first-order chi connectivity index (χ1) is 11.8. The third-order valence-corrected chi connectivity index (χ3v) is 5.65. The average molecular weight is 363 g/mol. The number of hydrogen-bond donors (Lipinski definition) is 1. The Kier molecular flexibility index (Phi) is 3.52. The van der Waals surface area contributed by atoms with Gasteiger partial charge in [0.15, 0.2) is 0 Å². The van der Waals surface area contributed by atoms with Crippen LogP contribution in [0.2, 0.25) is 5.02 Å². The summed E-state index contributed by atoms with van der Waals surface area (Å²) in [5.74, 6) is 0.325. The molecule has 4 rings (SSSR count). The quantitative estimate of drug-likeness (QED) is 0.744. The summed E-state index contributed by atoms with van der Waals surface area (Å²) in [5.41, 5.74) is 1.11. The number of likely N-dealkylation sites (N-methyl/N-ethyl adjacent to an activating group) is 1. The van der Waals surface area contributed by atoms with E-state index in [1.807, 2.05) is 11.9 Å². The van der Waals surface area contributed by atoms with Gasteiger partial charge in [-0.1, -0.05) is 11.6 Å². The third-order valence-electron chi connectivity index (χ3n) is 5.19. The van der Waals surface area contributed by atoms with Crippen LogP contribution < -0.4 is 15.9 Å². The summed E-state index contributed by atoms with van der Waals surface area (Å²) in [6.45, 7) is 4.97. The lowest BCUT2D eigenvalue weighted by molar-refractivity contribution is -0.118. The van der Waals surface area contributed by atoms with Gasteiger partial charge in [-0.3, -0.25) is 14.3 Å². The zero-order valence-electron chi connectivity index (χ0n) is 14.5. The number of aromatic nitrogens is 3. The van der Waals surface area contributed by atoms with Crippen molar-refractivity contribution in [1.29, 1.82) is 0 Å². The maximum absolute atomic E-state index is 12.9. The number of pyridine rings is 1. The van der Waals surface area contributed by atoms with Crippen LogP contribution in [0, 0.1) is 6.92 Å². The first-order valence-electron chi connectivity index (χ1n) is 8.14. The molecule has 2 aliphatic heterocycles. The number of nitrogens with one attached hydrogen (secondary N) is 1. The van der Waals surface area contributed by atoms with Crippen LogP contribution in [-0.2, 0) is 11.8 Å². The van der Waals surface area contributed by atoms with E-state index < -0.39 is 11.7 Å². The highest BCUT2D eigenvalue weighted by atomic mass is 35.5.